The Labute approximate surface area is 227 Å². The highest BCUT2D eigenvalue weighted by Crippen LogP contribution is 2.66. The summed E-state index contributed by atoms with van der Waals surface area (Å²) >= 11 is 0. The fourth-order valence-corrected chi connectivity index (χ4v) is 8.12. The molecule has 0 unspecified atom stereocenters. The molecule has 2 N–H and O–H groups in total. The number of amides is 1. The number of aliphatic hydroxyl groups is 1. The Balaban J connectivity index is 1.25. The van der Waals surface area contributed by atoms with Crippen LogP contribution in [-0.4, -0.2) is 69.8 Å². The van der Waals surface area contributed by atoms with Crippen LogP contribution < -0.4 is 4.74 Å². The van der Waals surface area contributed by atoms with Gasteiger partial charge in [0, 0.05) is 30.8 Å². The van der Waals surface area contributed by atoms with Crippen LogP contribution in [0, 0.1) is 35.0 Å². The van der Waals surface area contributed by atoms with E-state index in [0.29, 0.717) is 38.1 Å². The number of aromatic hydroxyl groups is 1. The minimum atomic E-state index is -2.28. The number of benzene rings is 2. The van der Waals surface area contributed by atoms with Crippen LogP contribution in [0.1, 0.15) is 48.8 Å². The summed E-state index contributed by atoms with van der Waals surface area (Å²) in [5, 5.41) is 23.3. The first kappa shape index (κ1) is 26.0. The van der Waals surface area contributed by atoms with E-state index in [1.807, 2.05) is 6.07 Å². The molecule has 1 saturated heterocycles. The molecule has 214 valence electrons. The topological polar surface area (TPSA) is 73.2 Å². The van der Waals surface area contributed by atoms with Crippen LogP contribution in [0.2, 0.25) is 0 Å². The van der Waals surface area contributed by atoms with Crippen LogP contribution in [0.3, 0.4) is 0 Å². The number of carbonyl (C=O) groups excluding carboxylic acids is 1. The largest absolute Gasteiger partial charge is 0.504 e. The van der Waals surface area contributed by atoms with Gasteiger partial charge in [0.05, 0.1) is 23.5 Å². The lowest BCUT2D eigenvalue weighted by molar-refractivity contribution is -0.200. The van der Waals surface area contributed by atoms with Crippen molar-refractivity contribution < 1.29 is 41.7 Å². The highest BCUT2D eigenvalue weighted by molar-refractivity contribution is 5.79. The summed E-state index contributed by atoms with van der Waals surface area (Å²) in [6, 6.07) is 2.57. The maximum absolute atomic E-state index is 14.4. The molecule has 1 amide bonds. The second kappa shape index (κ2) is 8.55. The van der Waals surface area contributed by atoms with E-state index in [1.165, 1.54) is 24.8 Å². The van der Waals surface area contributed by atoms with Crippen LogP contribution >= 0.6 is 0 Å². The Bertz CT molecular complexity index is 1420. The van der Waals surface area contributed by atoms with Gasteiger partial charge in [0.15, 0.2) is 34.8 Å². The SMILES string of the molecule is CN(C(=O)Cc1c(F)c(F)c(F)c(F)c1F)[C@@H]1CC[C@@]2(O)[C@H]3Cc4ccc(O)c5c4[C@@]2(CCN3CC2CC2)[C@H]1O5. The lowest BCUT2D eigenvalue weighted by Crippen LogP contribution is -2.78. The number of likely N-dealkylation sites (tertiary alicyclic amines) is 1. The number of nitrogens with zero attached hydrogens (tertiary/aromatic N) is 2. The molecule has 11 heteroatoms. The third kappa shape index (κ3) is 3.24. The molecule has 2 heterocycles. The summed E-state index contributed by atoms with van der Waals surface area (Å²) in [7, 11) is 1.41. The van der Waals surface area contributed by atoms with Gasteiger partial charge in [-0.25, -0.2) is 22.0 Å². The van der Waals surface area contributed by atoms with Crippen molar-refractivity contribution in [3.05, 3.63) is 57.9 Å². The van der Waals surface area contributed by atoms with E-state index in [-0.39, 0.29) is 17.5 Å². The van der Waals surface area contributed by atoms with Crippen LogP contribution in [0.15, 0.2) is 12.1 Å². The molecule has 6 nitrogen and oxygen atoms in total. The second-order valence-electron chi connectivity index (χ2n) is 12.1. The summed E-state index contributed by atoms with van der Waals surface area (Å²) in [6.07, 6.45) is 2.27. The Morgan fingerprint density at radius 3 is 2.40 bits per heavy atom. The third-order valence-electron chi connectivity index (χ3n) is 10.3. The third-order valence-corrected chi connectivity index (χ3v) is 10.3. The number of carbonyl (C=O) groups is 1. The van der Waals surface area contributed by atoms with E-state index in [1.54, 1.807) is 6.07 Å². The molecule has 2 aromatic carbocycles. The number of likely N-dealkylation sites (N-methyl/N-ethyl adjacent to an activating group) is 1. The van der Waals surface area contributed by atoms with E-state index < -0.39 is 70.1 Å². The molecule has 2 saturated carbocycles. The summed E-state index contributed by atoms with van der Waals surface area (Å²) in [5.41, 5.74) is -1.59. The first-order valence-corrected chi connectivity index (χ1v) is 13.7. The number of hydrogen-bond donors (Lipinski definition) is 2. The van der Waals surface area contributed by atoms with Crippen molar-refractivity contribution in [3.8, 4) is 11.5 Å². The Kier molecular flexibility index (Phi) is 5.56. The molecule has 5 aliphatic rings. The predicted octanol–water partition coefficient (Wildman–Crippen LogP) is 3.72. The monoisotopic (exact) mass is 564 g/mol. The molecule has 7 rings (SSSR count). The fourth-order valence-electron chi connectivity index (χ4n) is 8.12. The van der Waals surface area contributed by atoms with Gasteiger partial charge in [0.25, 0.3) is 0 Å². The Morgan fingerprint density at radius 1 is 1.05 bits per heavy atom. The molecule has 3 fully saturated rings. The van der Waals surface area contributed by atoms with Gasteiger partial charge in [0.2, 0.25) is 11.7 Å². The van der Waals surface area contributed by atoms with Crippen molar-refractivity contribution >= 4 is 5.91 Å². The van der Waals surface area contributed by atoms with Crippen molar-refractivity contribution in [2.75, 3.05) is 20.1 Å². The van der Waals surface area contributed by atoms with E-state index in [0.717, 1.165) is 17.7 Å². The number of piperidine rings is 1. The molecule has 2 bridgehead atoms. The lowest BCUT2D eigenvalue weighted by atomic mass is 9.48. The molecule has 0 aromatic heterocycles. The number of hydrogen-bond acceptors (Lipinski definition) is 5. The lowest BCUT2D eigenvalue weighted by Gasteiger charge is -2.64. The van der Waals surface area contributed by atoms with Crippen molar-refractivity contribution in [3.63, 3.8) is 0 Å². The van der Waals surface area contributed by atoms with Crippen LogP contribution in [0.5, 0.6) is 11.5 Å². The molecule has 5 atom stereocenters. The number of ether oxygens (including phenoxy) is 1. The maximum Gasteiger partial charge on any atom is 0.227 e. The highest BCUT2D eigenvalue weighted by Gasteiger charge is 2.73. The van der Waals surface area contributed by atoms with Crippen molar-refractivity contribution in [1.29, 1.82) is 0 Å². The standard InChI is InChI=1S/C29H29F5N2O4/c1-35(19(38)11-15-21(30)23(32)25(34)24(33)22(15)31)16-6-7-29(39)18-10-14-4-5-17(37)26-20(14)28(29,27(16)40-26)8-9-36(18)12-13-2-3-13/h4-5,13,16,18,27,37,39H,2-3,6-12H2,1H3/t16-,18-,27+,28+,29-/m1/s1. The summed E-state index contributed by atoms with van der Waals surface area (Å²) in [6.45, 7) is 1.60. The zero-order valence-electron chi connectivity index (χ0n) is 21.8. The molecule has 2 aromatic rings. The van der Waals surface area contributed by atoms with Crippen molar-refractivity contribution in [2.24, 2.45) is 5.92 Å². The molecular weight excluding hydrogens is 535 g/mol. The molecule has 0 radical (unpaired) electrons. The van der Waals surface area contributed by atoms with Gasteiger partial charge < -0.3 is 19.8 Å². The summed E-state index contributed by atoms with van der Waals surface area (Å²) in [5.74, 6) is -10.6. The van der Waals surface area contributed by atoms with Crippen LogP contribution in [0.25, 0.3) is 0 Å². The van der Waals surface area contributed by atoms with Crippen LogP contribution in [0.4, 0.5) is 22.0 Å². The van der Waals surface area contributed by atoms with Gasteiger partial charge in [0.1, 0.15) is 6.10 Å². The minimum absolute atomic E-state index is 0.0714. The molecular formula is C29H29F5N2O4. The van der Waals surface area contributed by atoms with Gasteiger partial charge in [-0.3, -0.25) is 9.69 Å². The van der Waals surface area contributed by atoms with Gasteiger partial charge in [-0.1, -0.05) is 6.07 Å². The molecule has 40 heavy (non-hydrogen) atoms. The van der Waals surface area contributed by atoms with E-state index in [9.17, 15) is 37.0 Å². The maximum atomic E-state index is 14.4. The van der Waals surface area contributed by atoms with Gasteiger partial charge in [-0.2, -0.15) is 0 Å². The first-order chi connectivity index (χ1) is 19.0. The van der Waals surface area contributed by atoms with Crippen LogP contribution in [-0.2, 0) is 23.1 Å². The van der Waals surface area contributed by atoms with E-state index in [4.69, 9.17) is 4.74 Å². The zero-order valence-corrected chi connectivity index (χ0v) is 21.8. The second-order valence-corrected chi connectivity index (χ2v) is 12.1. The fraction of sp³-hybridized carbons (Fsp3) is 0.552. The number of phenolic OH excluding ortho intramolecular Hbond substituents is 1. The smallest absolute Gasteiger partial charge is 0.227 e. The predicted molar refractivity (Wildman–Crippen MR) is 131 cm³/mol. The highest BCUT2D eigenvalue weighted by atomic mass is 19.2. The minimum Gasteiger partial charge on any atom is -0.504 e. The van der Waals surface area contributed by atoms with Gasteiger partial charge in [-0.05, 0) is 62.6 Å². The number of rotatable bonds is 5. The van der Waals surface area contributed by atoms with Gasteiger partial charge in [-0.15, -0.1) is 0 Å². The first-order valence-electron chi connectivity index (χ1n) is 13.7. The van der Waals surface area contributed by atoms with E-state index >= 15 is 0 Å². The molecule has 2 aliphatic heterocycles. The quantitative estimate of drug-likeness (QED) is 0.329. The van der Waals surface area contributed by atoms with E-state index in [2.05, 4.69) is 4.90 Å². The Hall–Kier alpha value is -2.92. The van der Waals surface area contributed by atoms with Crippen molar-refractivity contribution in [1.82, 2.24) is 9.80 Å². The number of halogens is 5. The zero-order chi connectivity index (χ0) is 28.3. The Morgan fingerprint density at radius 2 is 1.73 bits per heavy atom. The average Bonchev–Trinajstić information content (AvgIpc) is 3.68. The number of phenols is 1. The van der Waals surface area contributed by atoms with Crippen molar-refractivity contribution in [2.45, 2.75) is 74.1 Å². The average molecular weight is 565 g/mol. The summed E-state index contributed by atoms with van der Waals surface area (Å²) < 4.78 is 76.3. The molecule has 3 aliphatic carbocycles. The molecule has 1 spiro atoms. The summed E-state index contributed by atoms with van der Waals surface area (Å²) in [4.78, 5) is 16.9. The van der Waals surface area contributed by atoms with Gasteiger partial charge >= 0.3 is 0 Å². The normalized spacial score (nSPS) is 32.0.